The molecule has 7 heavy (non-hydrogen) atoms. The van der Waals surface area contributed by atoms with Crippen molar-refractivity contribution in [3.05, 3.63) is 17.4 Å². The van der Waals surface area contributed by atoms with E-state index in [1.807, 2.05) is 6.92 Å². The van der Waals surface area contributed by atoms with Gasteiger partial charge in [-0.15, -0.1) is 0 Å². The third-order valence-corrected chi connectivity index (χ3v) is 0.474. The zero-order valence-corrected chi connectivity index (χ0v) is 4.18. The summed E-state index contributed by atoms with van der Waals surface area (Å²) in [5.74, 6) is 0. The molecule has 0 rings (SSSR count). The molecule has 0 saturated carbocycles. The summed E-state index contributed by atoms with van der Waals surface area (Å²) >= 11 is 0. The lowest BCUT2D eigenvalue weighted by Crippen LogP contribution is -2.03. The summed E-state index contributed by atoms with van der Waals surface area (Å²) in [5.41, 5.74) is 1.30. The number of nitrogens with one attached hydrogen (secondary N) is 1. The molecule has 0 aliphatic rings. The van der Waals surface area contributed by atoms with Crippen LogP contribution in [0, 0.1) is 5.21 Å². The topological polar surface area (TPSA) is 44.3 Å². The Morgan fingerprint density at radius 1 is 1.86 bits per heavy atom. The Kier molecular flexibility index (Phi) is 5.31. The van der Waals surface area contributed by atoms with Gasteiger partial charge in [-0.25, -0.2) is 0 Å². The van der Waals surface area contributed by atoms with Gasteiger partial charge in [-0.3, -0.25) is 5.64 Å². The highest BCUT2D eigenvalue weighted by Crippen LogP contribution is 1.69. The highest BCUT2D eigenvalue weighted by Gasteiger charge is 1.65. The van der Waals surface area contributed by atoms with E-state index in [2.05, 4.69) is 4.84 Å². The monoisotopic (exact) mass is 102 g/mol. The summed E-state index contributed by atoms with van der Waals surface area (Å²) in [6.45, 7) is 2.19. The molecule has 0 radical (unpaired) electrons. The quantitative estimate of drug-likeness (QED) is 0.322. The van der Waals surface area contributed by atoms with Crippen molar-refractivity contribution in [2.24, 2.45) is 0 Å². The SMILES string of the molecule is CC=CCON[O-]. The molecule has 0 spiro atoms. The first-order valence-electron chi connectivity index (χ1n) is 2.02. The third kappa shape index (κ3) is 5.62. The first kappa shape index (κ1) is 6.62. The molecule has 42 valence electrons. The van der Waals surface area contributed by atoms with E-state index >= 15 is 0 Å². The highest BCUT2D eigenvalue weighted by atomic mass is 16.8. The summed E-state index contributed by atoms with van der Waals surface area (Å²) in [4.78, 5) is 4.18. The Morgan fingerprint density at radius 3 is 3.00 bits per heavy atom. The highest BCUT2D eigenvalue weighted by molar-refractivity contribution is 4.75. The molecule has 0 atom stereocenters. The Bertz CT molecular complexity index is 53.7. The lowest BCUT2D eigenvalue weighted by molar-refractivity contribution is 0.0958. The molecule has 0 aliphatic heterocycles. The van der Waals surface area contributed by atoms with Gasteiger partial charge >= 0.3 is 0 Å². The van der Waals surface area contributed by atoms with Crippen LogP contribution in [0.15, 0.2) is 12.2 Å². The van der Waals surface area contributed by atoms with Crippen LogP contribution in [0.25, 0.3) is 0 Å². The Morgan fingerprint density at radius 2 is 2.57 bits per heavy atom. The van der Waals surface area contributed by atoms with E-state index in [1.54, 1.807) is 12.2 Å². The molecule has 0 fully saturated rings. The average Bonchev–Trinajstić information content (AvgIpc) is 1.69. The molecule has 0 aromatic heterocycles. The van der Waals surface area contributed by atoms with Crippen LogP contribution in [-0.4, -0.2) is 6.61 Å². The minimum absolute atomic E-state index is 0.333. The van der Waals surface area contributed by atoms with Gasteiger partial charge in [-0.2, -0.15) is 0 Å². The van der Waals surface area contributed by atoms with Crippen molar-refractivity contribution in [2.45, 2.75) is 6.92 Å². The smallest absolute Gasteiger partial charge is 0.0851 e. The second-order valence-electron chi connectivity index (χ2n) is 0.963. The Labute approximate surface area is 42.5 Å². The van der Waals surface area contributed by atoms with Crippen LogP contribution < -0.4 is 5.64 Å². The third-order valence-electron chi connectivity index (χ3n) is 0.474. The maximum Gasteiger partial charge on any atom is 0.0851 e. The molecule has 0 bridgehead atoms. The van der Waals surface area contributed by atoms with Crippen LogP contribution in [0.4, 0.5) is 0 Å². The fraction of sp³-hybridized carbons (Fsp3) is 0.500. The second kappa shape index (κ2) is 5.62. The Hall–Kier alpha value is -0.380. The van der Waals surface area contributed by atoms with Crippen LogP contribution in [0.5, 0.6) is 0 Å². The molecule has 0 aliphatic carbocycles. The van der Waals surface area contributed by atoms with Gasteiger partial charge in [0, 0.05) is 0 Å². The van der Waals surface area contributed by atoms with E-state index in [9.17, 15) is 5.21 Å². The minimum atomic E-state index is 0.333. The molecular weight excluding hydrogens is 94.0 g/mol. The molecule has 0 unspecified atom stereocenters. The normalized spacial score (nSPS) is 10.6. The molecule has 1 N–H and O–H groups in total. The van der Waals surface area contributed by atoms with Gasteiger partial charge in [-0.1, -0.05) is 12.2 Å². The molecule has 3 nitrogen and oxygen atoms in total. The Balaban J connectivity index is 2.69. The van der Waals surface area contributed by atoms with E-state index in [1.165, 1.54) is 5.64 Å². The predicted octanol–water partition coefficient (Wildman–Crippen LogP) is 0.581. The number of hydrogen-bond acceptors (Lipinski definition) is 3. The standard InChI is InChI=1S/C4H8NO2/c1-2-3-4-7-5-6/h2-3,5H,4H2,1H3/q-1. The van der Waals surface area contributed by atoms with Crippen molar-refractivity contribution < 1.29 is 4.84 Å². The average molecular weight is 102 g/mol. The van der Waals surface area contributed by atoms with E-state index in [0.29, 0.717) is 6.61 Å². The molecule has 0 aromatic carbocycles. The van der Waals surface area contributed by atoms with Crippen LogP contribution in [-0.2, 0) is 4.84 Å². The summed E-state index contributed by atoms with van der Waals surface area (Å²) in [5, 5.41) is 9.30. The van der Waals surface area contributed by atoms with Crippen molar-refractivity contribution in [3.8, 4) is 0 Å². The van der Waals surface area contributed by atoms with Crippen LogP contribution in [0.2, 0.25) is 0 Å². The van der Waals surface area contributed by atoms with E-state index < -0.39 is 0 Å². The zero-order valence-electron chi connectivity index (χ0n) is 4.18. The lowest BCUT2D eigenvalue weighted by Gasteiger charge is -2.03. The van der Waals surface area contributed by atoms with Gasteiger partial charge in [-0.05, 0) is 6.92 Å². The summed E-state index contributed by atoms with van der Waals surface area (Å²) < 4.78 is 0. The lowest BCUT2D eigenvalue weighted by atomic mass is 10.6. The van der Waals surface area contributed by atoms with Crippen molar-refractivity contribution in [2.75, 3.05) is 6.61 Å². The van der Waals surface area contributed by atoms with E-state index in [4.69, 9.17) is 0 Å². The minimum Gasteiger partial charge on any atom is -0.765 e. The summed E-state index contributed by atoms with van der Waals surface area (Å²) in [6.07, 6.45) is 3.53. The largest absolute Gasteiger partial charge is 0.765 e. The van der Waals surface area contributed by atoms with Gasteiger partial charge in [0.15, 0.2) is 0 Å². The number of hydrogen-bond donors (Lipinski definition) is 1. The first-order valence-corrected chi connectivity index (χ1v) is 2.02. The molecule has 0 saturated heterocycles. The zero-order chi connectivity index (χ0) is 5.54. The molecule has 0 heterocycles. The van der Waals surface area contributed by atoms with Gasteiger partial charge in [0.2, 0.25) is 0 Å². The van der Waals surface area contributed by atoms with Crippen molar-refractivity contribution in [1.29, 1.82) is 0 Å². The maximum atomic E-state index is 9.30. The molecular formula is C4H8NO2-. The van der Waals surface area contributed by atoms with Crippen LogP contribution in [0.1, 0.15) is 6.92 Å². The van der Waals surface area contributed by atoms with Crippen molar-refractivity contribution >= 4 is 0 Å². The van der Waals surface area contributed by atoms with Gasteiger partial charge < -0.3 is 10.0 Å². The van der Waals surface area contributed by atoms with Gasteiger partial charge in [0.05, 0.1) is 6.61 Å². The van der Waals surface area contributed by atoms with E-state index in [0.717, 1.165) is 0 Å². The molecule has 0 aromatic rings. The number of allylic oxidation sites excluding steroid dienone is 1. The van der Waals surface area contributed by atoms with Gasteiger partial charge in [0.1, 0.15) is 0 Å². The van der Waals surface area contributed by atoms with Crippen molar-refractivity contribution in [3.63, 3.8) is 0 Å². The van der Waals surface area contributed by atoms with Crippen molar-refractivity contribution in [1.82, 2.24) is 5.64 Å². The van der Waals surface area contributed by atoms with Crippen LogP contribution >= 0.6 is 0 Å². The van der Waals surface area contributed by atoms with Crippen LogP contribution in [0.3, 0.4) is 0 Å². The van der Waals surface area contributed by atoms with E-state index in [-0.39, 0.29) is 0 Å². The fourth-order valence-corrected chi connectivity index (χ4v) is 0.178. The molecule has 0 amide bonds. The predicted molar refractivity (Wildman–Crippen MR) is 27.3 cm³/mol. The fourth-order valence-electron chi connectivity index (χ4n) is 0.178. The summed E-state index contributed by atoms with van der Waals surface area (Å²) in [7, 11) is 0. The van der Waals surface area contributed by atoms with Gasteiger partial charge in [0.25, 0.3) is 0 Å². The number of rotatable bonds is 3. The molecule has 3 heteroatoms. The maximum absolute atomic E-state index is 9.30. The first-order chi connectivity index (χ1) is 3.41. The second-order valence-corrected chi connectivity index (χ2v) is 0.963. The summed E-state index contributed by atoms with van der Waals surface area (Å²) in [6, 6.07) is 0.